The molecule has 0 bridgehead atoms. The Labute approximate surface area is 179 Å². The Kier molecular flexibility index (Phi) is 11.2. The van der Waals surface area contributed by atoms with E-state index in [0.717, 1.165) is 51.3 Å². The number of guanidine groups is 1. The van der Waals surface area contributed by atoms with Crippen LogP contribution in [0.2, 0.25) is 0 Å². The van der Waals surface area contributed by atoms with Gasteiger partial charge in [-0.2, -0.15) is 0 Å². The summed E-state index contributed by atoms with van der Waals surface area (Å²) in [5, 5.41) is 6.73. The van der Waals surface area contributed by atoms with Gasteiger partial charge in [-0.1, -0.05) is 13.8 Å². The van der Waals surface area contributed by atoms with Crippen LogP contribution in [0, 0.1) is 0 Å². The standard InChI is InChI=1S/C19H32N4OS.HI/c1-4-15(23-13-7-8-18(23)24)11-12-21-19(20-6-3)22-14-17-10-9-16(5-2)25-17;/h9-10,15H,4-8,11-14H2,1-3H3,(H2,20,21,22);1H. The topological polar surface area (TPSA) is 56.7 Å². The lowest BCUT2D eigenvalue weighted by atomic mass is 10.1. The van der Waals surface area contributed by atoms with Gasteiger partial charge < -0.3 is 15.5 Å². The summed E-state index contributed by atoms with van der Waals surface area (Å²) in [6, 6.07) is 4.70. The minimum absolute atomic E-state index is 0. The first-order valence-corrected chi connectivity index (χ1v) is 10.4. The molecule has 0 saturated carbocycles. The lowest BCUT2D eigenvalue weighted by molar-refractivity contribution is -0.129. The third kappa shape index (κ3) is 7.06. The largest absolute Gasteiger partial charge is 0.357 e. The molecule has 148 valence electrons. The van der Waals surface area contributed by atoms with Crippen LogP contribution in [0.1, 0.15) is 56.2 Å². The smallest absolute Gasteiger partial charge is 0.222 e. The summed E-state index contributed by atoms with van der Waals surface area (Å²) in [6.45, 7) is 9.73. The van der Waals surface area contributed by atoms with Crippen LogP contribution < -0.4 is 10.6 Å². The van der Waals surface area contributed by atoms with Gasteiger partial charge in [0.05, 0.1) is 6.54 Å². The summed E-state index contributed by atoms with van der Waals surface area (Å²) in [7, 11) is 0. The van der Waals surface area contributed by atoms with Crippen molar-refractivity contribution in [2.45, 2.75) is 65.5 Å². The van der Waals surface area contributed by atoms with E-state index in [0.29, 0.717) is 24.9 Å². The van der Waals surface area contributed by atoms with Crippen molar-refractivity contribution in [2.24, 2.45) is 4.99 Å². The third-order valence-corrected chi connectivity index (χ3v) is 5.81. The summed E-state index contributed by atoms with van der Waals surface area (Å²) >= 11 is 1.84. The Morgan fingerprint density at radius 3 is 2.62 bits per heavy atom. The second-order valence-electron chi connectivity index (χ2n) is 6.38. The molecule has 1 aliphatic rings. The number of likely N-dealkylation sites (tertiary alicyclic amines) is 1. The van der Waals surface area contributed by atoms with Gasteiger partial charge in [0.15, 0.2) is 5.96 Å². The molecule has 1 amide bonds. The number of carbonyl (C=O) groups is 1. The summed E-state index contributed by atoms with van der Waals surface area (Å²) < 4.78 is 0. The lowest BCUT2D eigenvalue weighted by Crippen LogP contribution is -2.42. The minimum atomic E-state index is 0. The quantitative estimate of drug-likeness (QED) is 0.314. The Morgan fingerprint density at radius 1 is 1.27 bits per heavy atom. The van der Waals surface area contributed by atoms with Crippen LogP contribution in [0.4, 0.5) is 0 Å². The van der Waals surface area contributed by atoms with Crippen molar-refractivity contribution in [1.82, 2.24) is 15.5 Å². The molecule has 1 aliphatic heterocycles. The first kappa shape index (κ1) is 23.2. The van der Waals surface area contributed by atoms with Crippen molar-refractivity contribution >= 4 is 47.2 Å². The number of rotatable bonds is 9. The van der Waals surface area contributed by atoms with Gasteiger partial charge in [-0.05, 0) is 44.7 Å². The maximum absolute atomic E-state index is 11.9. The molecule has 0 radical (unpaired) electrons. The maximum atomic E-state index is 11.9. The van der Waals surface area contributed by atoms with Gasteiger partial charge in [-0.15, -0.1) is 35.3 Å². The van der Waals surface area contributed by atoms with Crippen LogP contribution in [0.15, 0.2) is 17.1 Å². The van der Waals surface area contributed by atoms with E-state index < -0.39 is 0 Å². The molecule has 1 saturated heterocycles. The highest BCUT2D eigenvalue weighted by Crippen LogP contribution is 2.18. The number of halogens is 1. The van der Waals surface area contributed by atoms with Crippen molar-refractivity contribution < 1.29 is 4.79 Å². The summed E-state index contributed by atoms with van der Waals surface area (Å²) in [6.07, 6.45) is 4.78. The van der Waals surface area contributed by atoms with Crippen molar-refractivity contribution in [3.05, 3.63) is 21.9 Å². The summed E-state index contributed by atoms with van der Waals surface area (Å²) in [5.41, 5.74) is 0. The molecule has 5 nitrogen and oxygen atoms in total. The van der Waals surface area contributed by atoms with Crippen molar-refractivity contribution in [3.63, 3.8) is 0 Å². The average Bonchev–Trinajstić information content (AvgIpc) is 3.25. The zero-order valence-corrected chi connectivity index (χ0v) is 19.4. The SMILES string of the molecule is CCNC(=NCc1ccc(CC)s1)NCCC(CC)N1CCCC1=O.I. The molecule has 2 rings (SSSR count). The van der Waals surface area contributed by atoms with E-state index in [1.807, 2.05) is 11.3 Å². The number of hydrogen-bond acceptors (Lipinski definition) is 3. The Hall–Kier alpha value is -0.830. The highest BCUT2D eigenvalue weighted by atomic mass is 127. The molecule has 0 aliphatic carbocycles. The Morgan fingerprint density at radius 2 is 2.04 bits per heavy atom. The molecule has 7 heteroatoms. The first-order valence-electron chi connectivity index (χ1n) is 9.57. The number of aliphatic imine (C=N–C) groups is 1. The van der Waals surface area contributed by atoms with Crippen LogP contribution in [0.3, 0.4) is 0 Å². The predicted octanol–water partition coefficient (Wildman–Crippen LogP) is 3.77. The molecule has 1 fully saturated rings. The third-order valence-electron chi connectivity index (χ3n) is 4.60. The van der Waals surface area contributed by atoms with Crippen LogP contribution >= 0.6 is 35.3 Å². The monoisotopic (exact) mass is 492 g/mol. The molecular weight excluding hydrogens is 459 g/mol. The Balaban J connectivity index is 0.00000338. The maximum Gasteiger partial charge on any atom is 0.222 e. The number of amides is 1. The average molecular weight is 492 g/mol. The minimum Gasteiger partial charge on any atom is -0.357 e. The normalized spacial score (nSPS) is 15.7. The number of hydrogen-bond donors (Lipinski definition) is 2. The van der Waals surface area contributed by atoms with Gasteiger partial charge in [-0.3, -0.25) is 4.79 Å². The van der Waals surface area contributed by atoms with E-state index in [-0.39, 0.29) is 24.0 Å². The highest BCUT2D eigenvalue weighted by Gasteiger charge is 2.26. The van der Waals surface area contributed by atoms with Crippen LogP contribution in [0.5, 0.6) is 0 Å². The highest BCUT2D eigenvalue weighted by molar-refractivity contribution is 14.0. The van der Waals surface area contributed by atoms with Crippen LogP contribution in [-0.4, -0.2) is 42.4 Å². The van der Waals surface area contributed by atoms with Gasteiger partial charge >= 0.3 is 0 Å². The van der Waals surface area contributed by atoms with Crippen LogP contribution in [-0.2, 0) is 17.8 Å². The molecule has 0 aromatic carbocycles. The number of aryl methyl sites for hydroxylation is 1. The van der Waals surface area contributed by atoms with Gasteiger partial charge in [0.2, 0.25) is 5.91 Å². The van der Waals surface area contributed by atoms with E-state index in [9.17, 15) is 4.79 Å². The zero-order chi connectivity index (χ0) is 18.1. The molecule has 2 heterocycles. The fourth-order valence-electron chi connectivity index (χ4n) is 3.19. The molecule has 2 N–H and O–H groups in total. The van der Waals surface area contributed by atoms with Crippen molar-refractivity contribution in [3.8, 4) is 0 Å². The molecular formula is C19H33IN4OS. The Bertz CT molecular complexity index is 576. The van der Waals surface area contributed by atoms with Crippen molar-refractivity contribution in [2.75, 3.05) is 19.6 Å². The van der Waals surface area contributed by atoms with E-state index in [2.05, 4.69) is 48.4 Å². The zero-order valence-electron chi connectivity index (χ0n) is 16.2. The predicted molar refractivity (Wildman–Crippen MR) is 122 cm³/mol. The van der Waals surface area contributed by atoms with Gasteiger partial charge in [-0.25, -0.2) is 4.99 Å². The molecule has 1 aromatic heterocycles. The molecule has 26 heavy (non-hydrogen) atoms. The fraction of sp³-hybridized carbons (Fsp3) is 0.684. The molecule has 0 spiro atoms. The number of thiophene rings is 1. The second kappa shape index (κ2) is 12.5. The van der Waals surface area contributed by atoms with Gasteiger partial charge in [0.25, 0.3) is 0 Å². The van der Waals surface area contributed by atoms with E-state index in [4.69, 9.17) is 4.99 Å². The number of carbonyl (C=O) groups excluding carboxylic acids is 1. The van der Waals surface area contributed by atoms with E-state index in [1.54, 1.807) is 0 Å². The summed E-state index contributed by atoms with van der Waals surface area (Å²) in [4.78, 5) is 21.4. The lowest BCUT2D eigenvalue weighted by Gasteiger charge is -2.27. The first-order chi connectivity index (χ1) is 12.2. The fourth-order valence-corrected chi connectivity index (χ4v) is 4.07. The van der Waals surface area contributed by atoms with Crippen molar-refractivity contribution in [1.29, 1.82) is 0 Å². The molecule has 1 aromatic rings. The number of nitrogens with zero attached hydrogens (tertiary/aromatic N) is 2. The van der Waals surface area contributed by atoms with Gasteiger partial charge in [0, 0.05) is 41.9 Å². The molecule has 1 unspecified atom stereocenters. The van der Waals surface area contributed by atoms with Crippen LogP contribution in [0.25, 0.3) is 0 Å². The van der Waals surface area contributed by atoms with E-state index >= 15 is 0 Å². The number of nitrogens with one attached hydrogen (secondary N) is 2. The van der Waals surface area contributed by atoms with Gasteiger partial charge in [0.1, 0.15) is 0 Å². The molecule has 1 atom stereocenters. The van der Waals surface area contributed by atoms with E-state index in [1.165, 1.54) is 9.75 Å². The summed E-state index contributed by atoms with van der Waals surface area (Å²) in [5.74, 6) is 1.17. The second-order valence-corrected chi connectivity index (χ2v) is 7.64.